The molecule has 1 rings (SSSR count). The van der Waals surface area contributed by atoms with Crippen molar-refractivity contribution in [3.63, 3.8) is 0 Å². The van der Waals surface area contributed by atoms with E-state index in [2.05, 4.69) is 74.4 Å². The van der Waals surface area contributed by atoms with Crippen molar-refractivity contribution in [2.24, 2.45) is 0 Å². The monoisotopic (exact) mass is 345 g/mol. The van der Waals surface area contributed by atoms with Crippen molar-refractivity contribution in [3.05, 3.63) is 34.4 Å². The highest BCUT2D eigenvalue weighted by atomic mass is 16.2. The predicted molar refractivity (Wildman–Crippen MR) is 110 cm³/mol. The van der Waals surface area contributed by atoms with Crippen molar-refractivity contribution in [1.29, 1.82) is 0 Å². The van der Waals surface area contributed by atoms with Crippen LogP contribution in [0.3, 0.4) is 0 Å². The number of carbonyl (C=O) groups is 1. The molecule has 0 saturated heterocycles. The van der Waals surface area contributed by atoms with Gasteiger partial charge in [-0.25, -0.2) is 0 Å². The van der Waals surface area contributed by atoms with Gasteiger partial charge in [-0.05, 0) is 75.5 Å². The number of amides is 1. The minimum atomic E-state index is 0.202. The molecule has 0 aliphatic heterocycles. The molecule has 0 aromatic heterocycles. The van der Waals surface area contributed by atoms with E-state index in [1.54, 1.807) is 0 Å². The highest BCUT2D eigenvalue weighted by molar-refractivity contribution is 5.98. The Morgan fingerprint density at radius 1 is 0.840 bits per heavy atom. The van der Waals surface area contributed by atoms with Gasteiger partial charge in [-0.3, -0.25) is 4.79 Å². The molecule has 0 aliphatic rings. The van der Waals surface area contributed by atoms with Gasteiger partial charge in [0.05, 0.1) is 0 Å². The minimum Gasteiger partial charge on any atom is -0.334 e. The van der Waals surface area contributed by atoms with Gasteiger partial charge in [0.15, 0.2) is 0 Å². The molecule has 0 unspecified atom stereocenters. The highest BCUT2D eigenvalue weighted by Gasteiger charge is 2.29. The summed E-state index contributed by atoms with van der Waals surface area (Å²) >= 11 is 0. The zero-order chi connectivity index (χ0) is 19.3. The first-order valence-electron chi connectivity index (χ1n) is 10.2. The van der Waals surface area contributed by atoms with Gasteiger partial charge in [-0.15, -0.1) is 0 Å². The second-order valence-corrected chi connectivity index (χ2v) is 8.02. The Morgan fingerprint density at radius 2 is 1.24 bits per heavy atom. The molecule has 1 aromatic carbocycles. The van der Waals surface area contributed by atoms with E-state index < -0.39 is 0 Å². The fourth-order valence-electron chi connectivity index (χ4n) is 3.61. The molecule has 2 atom stereocenters. The number of benzene rings is 1. The molecule has 0 saturated carbocycles. The van der Waals surface area contributed by atoms with Crippen LogP contribution in [0.2, 0.25) is 0 Å². The summed E-state index contributed by atoms with van der Waals surface area (Å²) in [6.45, 7) is 19.6. The van der Waals surface area contributed by atoms with Gasteiger partial charge >= 0.3 is 0 Å². The number of hydrogen-bond donors (Lipinski definition) is 0. The maximum absolute atomic E-state index is 13.6. The largest absolute Gasteiger partial charge is 0.334 e. The number of carbonyl (C=O) groups excluding carboxylic acids is 1. The summed E-state index contributed by atoms with van der Waals surface area (Å²) < 4.78 is 0. The molecular formula is C23H39NO. The van der Waals surface area contributed by atoms with E-state index in [-0.39, 0.29) is 18.0 Å². The van der Waals surface area contributed by atoms with Gasteiger partial charge in [0.25, 0.3) is 5.91 Å². The molecule has 2 heteroatoms. The number of aryl methyl sites for hydroxylation is 1. The number of rotatable bonds is 8. The van der Waals surface area contributed by atoms with Crippen LogP contribution in [-0.2, 0) is 6.42 Å². The summed E-state index contributed by atoms with van der Waals surface area (Å²) in [7, 11) is 0. The molecule has 0 fully saturated rings. The van der Waals surface area contributed by atoms with Gasteiger partial charge in [0.1, 0.15) is 0 Å². The summed E-state index contributed by atoms with van der Waals surface area (Å²) in [5.41, 5.74) is 4.81. The Balaban J connectivity index is 3.70. The van der Waals surface area contributed by atoms with Crippen LogP contribution in [0, 0.1) is 0 Å². The summed E-state index contributed by atoms with van der Waals surface area (Å²) in [5.74, 6) is 1.00. The summed E-state index contributed by atoms with van der Waals surface area (Å²) in [5, 5.41) is 0. The summed E-state index contributed by atoms with van der Waals surface area (Å²) in [6.07, 6.45) is 3.12. The molecule has 0 radical (unpaired) electrons. The van der Waals surface area contributed by atoms with E-state index in [1.165, 1.54) is 16.7 Å². The van der Waals surface area contributed by atoms with Crippen molar-refractivity contribution >= 4 is 5.91 Å². The van der Waals surface area contributed by atoms with E-state index in [0.717, 1.165) is 24.8 Å². The third-order valence-electron chi connectivity index (χ3n) is 5.52. The van der Waals surface area contributed by atoms with Crippen molar-refractivity contribution < 1.29 is 4.79 Å². The Morgan fingerprint density at radius 3 is 1.52 bits per heavy atom. The molecule has 1 amide bonds. The SMILES string of the molecule is CCc1cc([C@H](C)CC)c(C(=O)N(C(C)C)C(C)C)c([C@@H](C)CC)c1. The molecule has 0 aliphatic carbocycles. The maximum atomic E-state index is 13.6. The first-order valence-corrected chi connectivity index (χ1v) is 10.2. The smallest absolute Gasteiger partial charge is 0.254 e. The summed E-state index contributed by atoms with van der Waals surface area (Å²) in [4.78, 5) is 15.7. The average molecular weight is 346 g/mol. The van der Waals surface area contributed by atoms with Crippen LogP contribution >= 0.6 is 0 Å². The second-order valence-electron chi connectivity index (χ2n) is 8.02. The molecule has 0 bridgehead atoms. The fourth-order valence-corrected chi connectivity index (χ4v) is 3.61. The molecule has 0 N–H and O–H groups in total. The Kier molecular flexibility index (Phi) is 8.18. The van der Waals surface area contributed by atoms with Gasteiger partial charge < -0.3 is 4.90 Å². The van der Waals surface area contributed by atoms with Crippen LogP contribution < -0.4 is 0 Å². The quantitative estimate of drug-likeness (QED) is 0.524. The lowest BCUT2D eigenvalue weighted by Gasteiger charge is -2.34. The molecule has 1 aromatic rings. The lowest BCUT2D eigenvalue weighted by Crippen LogP contribution is -2.43. The van der Waals surface area contributed by atoms with Gasteiger partial charge in [0.2, 0.25) is 0 Å². The average Bonchev–Trinajstić information content (AvgIpc) is 2.58. The van der Waals surface area contributed by atoms with Gasteiger partial charge in [-0.1, -0.05) is 46.8 Å². The standard InChI is InChI=1S/C23H39NO/c1-10-17(8)20-13-19(12-3)14-21(18(9)11-2)22(20)23(25)24(15(4)5)16(6)7/h13-18H,10-12H2,1-9H3/t17-,18+. The first kappa shape index (κ1) is 21.7. The van der Waals surface area contributed by atoms with E-state index in [9.17, 15) is 4.79 Å². The van der Waals surface area contributed by atoms with Crippen molar-refractivity contribution in [2.75, 3.05) is 0 Å². The Hall–Kier alpha value is -1.31. The van der Waals surface area contributed by atoms with E-state index >= 15 is 0 Å². The van der Waals surface area contributed by atoms with Crippen molar-refractivity contribution in [1.82, 2.24) is 4.90 Å². The van der Waals surface area contributed by atoms with Crippen LogP contribution in [0.15, 0.2) is 12.1 Å². The lowest BCUT2D eigenvalue weighted by atomic mass is 9.82. The topological polar surface area (TPSA) is 20.3 Å². The predicted octanol–water partition coefficient (Wildman–Crippen LogP) is 6.54. The second kappa shape index (κ2) is 9.40. The van der Waals surface area contributed by atoms with Crippen LogP contribution in [0.1, 0.15) is 114 Å². The number of hydrogen-bond acceptors (Lipinski definition) is 1. The van der Waals surface area contributed by atoms with Crippen LogP contribution in [0.25, 0.3) is 0 Å². The van der Waals surface area contributed by atoms with Gasteiger partial charge in [0, 0.05) is 17.6 Å². The lowest BCUT2D eigenvalue weighted by molar-refractivity contribution is 0.0640. The maximum Gasteiger partial charge on any atom is 0.254 e. The zero-order valence-corrected chi connectivity index (χ0v) is 17.9. The third kappa shape index (κ3) is 4.86. The van der Waals surface area contributed by atoms with Crippen molar-refractivity contribution in [2.45, 2.75) is 105 Å². The zero-order valence-electron chi connectivity index (χ0n) is 17.9. The molecular weight excluding hydrogens is 306 g/mol. The third-order valence-corrected chi connectivity index (χ3v) is 5.52. The first-order chi connectivity index (χ1) is 11.7. The van der Waals surface area contributed by atoms with Crippen LogP contribution in [0.4, 0.5) is 0 Å². The van der Waals surface area contributed by atoms with Gasteiger partial charge in [-0.2, -0.15) is 0 Å². The molecule has 2 nitrogen and oxygen atoms in total. The summed E-state index contributed by atoms with van der Waals surface area (Å²) in [6, 6.07) is 4.97. The Bertz CT molecular complexity index is 534. The minimum absolute atomic E-state index is 0.202. The molecule has 0 heterocycles. The van der Waals surface area contributed by atoms with Crippen LogP contribution in [-0.4, -0.2) is 22.9 Å². The van der Waals surface area contributed by atoms with E-state index in [1.807, 2.05) is 4.90 Å². The van der Waals surface area contributed by atoms with Crippen LogP contribution in [0.5, 0.6) is 0 Å². The molecule has 0 spiro atoms. The van der Waals surface area contributed by atoms with Crippen molar-refractivity contribution in [3.8, 4) is 0 Å². The Labute approximate surface area is 156 Å². The fraction of sp³-hybridized carbons (Fsp3) is 0.696. The number of nitrogens with zero attached hydrogens (tertiary/aromatic N) is 1. The normalized spacial score (nSPS) is 14.0. The molecule has 25 heavy (non-hydrogen) atoms. The highest BCUT2D eigenvalue weighted by Crippen LogP contribution is 2.34. The molecule has 142 valence electrons. The van der Waals surface area contributed by atoms with E-state index in [0.29, 0.717) is 11.8 Å². The van der Waals surface area contributed by atoms with E-state index in [4.69, 9.17) is 0 Å².